The van der Waals surface area contributed by atoms with Gasteiger partial charge in [0.15, 0.2) is 11.5 Å². The third-order valence-electron chi connectivity index (χ3n) is 5.97. The van der Waals surface area contributed by atoms with Gasteiger partial charge in [0.2, 0.25) is 17.5 Å². The number of ether oxygens (including phenoxy) is 3. The molecule has 0 saturated carbocycles. The van der Waals surface area contributed by atoms with E-state index in [-0.39, 0.29) is 18.0 Å². The van der Waals surface area contributed by atoms with E-state index in [2.05, 4.69) is 22.1 Å². The number of hydrogen-bond donors (Lipinski definition) is 0. The Morgan fingerprint density at radius 3 is 2.61 bits per heavy atom. The Morgan fingerprint density at radius 2 is 1.91 bits per heavy atom. The van der Waals surface area contributed by atoms with Crippen LogP contribution < -0.4 is 19.8 Å². The SMILES string of the molecule is COc1cc(-c2nnc(Cn3cnc4sc5c(c4c3=O)CCC(C)C5)o2)cc(OC)c1OC. The highest BCUT2D eigenvalue weighted by molar-refractivity contribution is 7.18. The second kappa shape index (κ2) is 8.51. The fraction of sp³-hybridized carbons (Fsp3) is 0.391. The lowest BCUT2D eigenvalue weighted by atomic mass is 9.89. The first-order valence-corrected chi connectivity index (χ1v) is 11.5. The van der Waals surface area contributed by atoms with Crippen molar-refractivity contribution in [2.24, 2.45) is 5.92 Å². The summed E-state index contributed by atoms with van der Waals surface area (Å²) in [6.45, 7) is 2.39. The van der Waals surface area contributed by atoms with Gasteiger partial charge in [0.25, 0.3) is 5.56 Å². The van der Waals surface area contributed by atoms with Crippen LogP contribution in [0.5, 0.6) is 17.2 Å². The van der Waals surface area contributed by atoms with Gasteiger partial charge in [0, 0.05) is 10.4 Å². The topological polar surface area (TPSA) is 102 Å². The number of benzene rings is 1. The normalized spacial score (nSPS) is 15.5. The molecule has 1 aliphatic carbocycles. The Hall–Kier alpha value is -3.40. The standard InChI is InChI=1S/C23H24N4O5S/c1-12-5-6-14-17(7-12)33-22-19(14)23(28)27(11-24-22)10-18-25-26-21(32-18)13-8-15(29-2)20(31-4)16(9-13)30-3/h8-9,11-12H,5-7,10H2,1-4H3. The maximum absolute atomic E-state index is 13.3. The summed E-state index contributed by atoms with van der Waals surface area (Å²) in [5.74, 6) is 2.67. The van der Waals surface area contributed by atoms with Gasteiger partial charge in [-0.05, 0) is 42.9 Å². The molecule has 9 nitrogen and oxygen atoms in total. The zero-order valence-electron chi connectivity index (χ0n) is 18.9. The van der Waals surface area contributed by atoms with Gasteiger partial charge < -0.3 is 18.6 Å². The zero-order valence-corrected chi connectivity index (χ0v) is 19.7. The third-order valence-corrected chi connectivity index (χ3v) is 7.13. The molecule has 1 aliphatic rings. The van der Waals surface area contributed by atoms with Crippen molar-refractivity contribution >= 4 is 21.6 Å². The van der Waals surface area contributed by atoms with Crippen LogP contribution in [0.3, 0.4) is 0 Å². The molecule has 33 heavy (non-hydrogen) atoms. The van der Waals surface area contributed by atoms with Crippen molar-refractivity contribution < 1.29 is 18.6 Å². The van der Waals surface area contributed by atoms with E-state index in [1.807, 2.05) is 0 Å². The summed E-state index contributed by atoms with van der Waals surface area (Å²) >= 11 is 1.63. The zero-order chi connectivity index (χ0) is 23.1. The van der Waals surface area contributed by atoms with Gasteiger partial charge in [0.1, 0.15) is 11.4 Å². The predicted octanol–water partition coefficient (Wildman–Crippen LogP) is 3.71. The molecule has 0 radical (unpaired) electrons. The summed E-state index contributed by atoms with van der Waals surface area (Å²) in [7, 11) is 4.62. The van der Waals surface area contributed by atoms with E-state index < -0.39 is 0 Å². The van der Waals surface area contributed by atoms with Gasteiger partial charge in [-0.1, -0.05) is 6.92 Å². The quantitative estimate of drug-likeness (QED) is 0.422. The van der Waals surface area contributed by atoms with E-state index in [0.717, 1.165) is 35.0 Å². The molecule has 3 aromatic heterocycles. The lowest BCUT2D eigenvalue weighted by Gasteiger charge is -2.17. The smallest absolute Gasteiger partial charge is 0.262 e. The van der Waals surface area contributed by atoms with Crippen LogP contribution in [0.15, 0.2) is 27.7 Å². The van der Waals surface area contributed by atoms with Crippen LogP contribution in [0.25, 0.3) is 21.7 Å². The van der Waals surface area contributed by atoms with E-state index in [1.165, 1.54) is 9.44 Å². The number of aryl methyl sites for hydroxylation is 1. The summed E-state index contributed by atoms with van der Waals surface area (Å²) < 4.78 is 23.5. The Balaban J connectivity index is 1.47. The minimum absolute atomic E-state index is 0.0698. The minimum atomic E-state index is -0.0698. The second-order valence-corrected chi connectivity index (χ2v) is 9.21. The lowest BCUT2D eigenvalue weighted by Crippen LogP contribution is -2.22. The van der Waals surface area contributed by atoms with Crippen molar-refractivity contribution in [3.05, 3.63) is 45.1 Å². The van der Waals surface area contributed by atoms with Crippen LogP contribution >= 0.6 is 11.3 Å². The summed E-state index contributed by atoms with van der Waals surface area (Å²) in [4.78, 5) is 19.9. The van der Waals surface area contributed by atoms with Gasteiger partial charge in [0.05, 0.1) is 33.0 Å². The van der Waals surface area contributed by atoms with Crippen LogP contribution in [0.2, 0.25) is 0 Å². The van der Waals surface area contributed by atoms with Gasteiger partial charge in [-0.15, -0.1) is 21.5 Å². The molecule has 0 amide bonds. The van der Waals surface area contributed by atoms with Crippen molar-refractivity contribution in [3.8, 4) is 28.7 Å². The predicted molar refractivity (Wildman–Crippen MR) is 124 cm³/mol. The fourth-order valence-electron chi connectivity index (χ4n) is 4.26. The molecule has 0 N–H and O–H groups in total. The molecule has 10 heteroatoms. The van der Waals surface area contributed by atoms with Crippen LogP contribution in [0, 0.1) is 5.92 Å². The van der Waals surface area contributed by atoms with Crippen LogP contribution in [-0.4, -0.2) is 41.1 Å². The van der Waals surface area contributed by atoms with Crippen molar-refractivity contribution in [1.82, 2.24) is 19.7 Å². The van der Waals surface area contributed by atoms with E-state index in [4.69, 9.17) is 18.6 Å². The average Bonchev–Trinajstić information content (AvgIpc) is 3.44. The molecular formula is C23H24N4O5S. The first-order chi connectivity index (χ1) is 16.0. The largest absolute Gasteiger partial charge is 0.493 e. The first-order valence-electron chi connectivity index (χ1n) is 10.6. The average molecular weight is 469 g/mol. The Bertz CT molecular complexity index is 1360. The molecule has 1 atom stereocenters. The van der Waals surface area contributed by atoms with E-state index in [1.54, 1.807) is 51.1 Å². The summed E-state index contributed by atoms with van der Waals surface area (Å²) in [6.07, 6.45) is 4.58. The molecule has 0 aliphatic heterocycles. The first kappa shape index (κ1) is 21.4. The molecule has 0 bridgehead atoms. The van der Waals surface area contributed by atoms with Crippen LogP contribution in [0.4, 0.5) is 0 Å². The Labute approximate surface area is 193 Å². The van der Waals surface area contributed by atoms with E-state index >= 15 is 0 Å². The van der Waals surface area contributed by atoms with Crippen molar-refractivity contribution in [3.63, 3.8) is 0 Å². The molecular weight excluding hydrogens is 444 g/mol. The number of hydrogen-bond acceptors (Lipinski definition) is 9. The monoisotopic (exact) mass is 468 g/mol. The summed E-state index contributed by atoms with van der Waals surface area (Å²) in [6, 6.07) is 3.47. The highest BCUT2D eigenvalue weighted by Crippen LogP contribution is 2.41. The maximum atomic E-state index is 13.3. The highest BCUT2D eigenvalue weighted by Gasteiger charge is 2.24. The number of fused-ring (bicyclic) bond motifs is 3. The minimum Gasteiger partial charge on any atom is -0.493 e. The molecule has 1 unspecified atom stereocenters. The highest BCUT2D eigenvalue weighted by atomic mass is 32.1. The molecule has 0 fully saturated rings. The number of aromatic nitrogens is 4. The van der Waals surface area contributed by atoms with Gasteiger partial charge >= 0.3 is 0 Å². The van der Waals surface area contributed by atoms with Crippen molar-refractivity contribution in [2.45, 2.75) is 32.7 Å². The molecule has 4 aromatic rings. The number of nitrogens with zero attached hydrogens (tertiary/aromatic N) is 4. The fourth-order valence-corrected chi connectivity index (χ4v) is 5.60. The number of thiophene rings is 1. The Morgan fingerprint density at radius 1 is 1.15 bits per heavy atom. The Kier molecular flexibility index (Phi) is 5.53. The maximum Gasteiger partial charge on any atom is 0.262 e. The summed E-state index contributed by atoms with van der Waals surface area (Å²) in [5.41, 5.74) is 1.70. The van der Waals surface area contributed by atoms with Crippen LogP contribution in [-0.2, 0) is 19.4 Å². The summed E-state index contributed by atoms with van der Waals surface area (Å²) in [5, 5.41) is 9.01. The molecule has 1 aromatic carbocycles. The van der Waals surface area contributed by atoms with Gasteiger partial charge in [-0.25, -0.2) is 4.98 Å². The third kappa shape index (κ3) is 3.74. The lowest BCUT2D eigenvalue weighted by molar-refractivity contribution is 0.324. The van der Waals surface area contributed by atoms with Gasteiger partial charge in [-0.3, -0.25) is 9.36 Å². The molecule has 0 spiro atoms. The molecule has 5 rings (SSSR count). The van der Waals surface area contributed by atoms with Crippen molar-refractivity contribution in [1.29, 1.82) is 0 Å². The van der Waals surface area contributed by atoms with Gasteiger partial charge in [-0.2, -0.15) is 0 Å². The van der Waals surface area contributed by atoms with E-state index in [9.17, 15) is 4.79 Å². The number of rotatable bonds is 6. The molecule has 3 heterocycles. The molecule has 0 saturated heterocycles. The van der Waals surface area contributed by atoms with E-state index in [0.29, 0.717) is 34.6 Å². The second-order valence-electron chi connectivity index (χ2n) is 8.12. The molecule has 172 valence electrons. The van der Waals surface area contributed by atoms with Crippen LogP contribution in [0.1, 0.15) is 29.7 Å². The number of methoxy groups -OCH3 is 3. The van der Waals surface area contributed by atoms with Crippen molar-refractivity contribution in [2.75, 3.05) is 21.3 Å².